The van der Waals surface area contributed by atoms with E-state index >= 15 is 0 Å². The summed E-state index contributed by atoms with van der Waals surface area (Å²) in [7, 11) is 1.78. The minimum atomic E-state index is -0.955. The van der Waals surface area contributed by atoms with Gasteiger partial charge in [0.15, 0.2) is 0 Å². The van der Waals surface area contributed by atoms with E-state index in [0.29, 0.717) is 22.0 Å². The first-order valence-electron chi connectivity index (χ1n) is 7.35. The van der Waals surface area contributed by atoms with Crippen LogP contribution in [-0.2, 0) is 21.5 Å². The predicted molar refractivity (Wildman–Crippen MR) is 86.8 cm³/mol. The molecular weight excluding hydrogens is 332 g/mol. The van der Waals surface area contributed by atoms with Crippen molar-refractivity contribution < 1.29 is 14.4 Å². The number of carbonyl (C=O) groups is 2. The Morgan fingerprint density at radius 3 is 2.62 bits per heavy atom. The summed E-state index contributed by atoms with van der Waals surface area (Å²) in [6.45, 7) is 1.82. The maximum absolute atomic E-state index is 12.9. The minimum Gasteiger partial charge on any atom is -0.381 e. The number of amides is 2. The molecule has 0 radical (unpaired) electrons. The van der Waals surface area contributed by atoms with Gasteiger partial charge < -0.3 is 4.84 Å². The smallest absolute Gasteiger partial charge is 0.279 e. The van der Waals surface area contributed by atoms with E-state index in [1.807, 2.05) is 6.92 Å². The zero-order valence-electron chi connectivity index (χ0n) is 12.9. The number of fused-ring (bicyclic) bond motifs is 1. The second-order valence-electron chi connectivity index (χ2n) is 5.75. The number of rotatable bonds is 2. The van der Waals surface area contributed by atoms with Crippen LogP contribution in [0, 0.1) is 12.8 Å². The van der Waals surface area contributed by atoms with Gasteiger partial charge in [0.25, 0.3) is 5.91 Å². The molecule has 1 aromatic heterocycles. The van der Waals surface area contributed by atoms with Crippen molar-refractivity contribution in [2.24, 2.45) is 18.1 Å². The Bertz CT molecular complexity index is 904. The average Bonchev–Trinajstić information content (AvgIpc) is 3.17. The van der Waals surface area contributed by atoms with Crippen molar-refractivity contribution in [3.05, 3.63) is 46.7 Å². The number of carbonyl (C=O) groups excluding carboxylic acids is 2. The molecule has 1 aromatic carbocycles. The number of halogens is 1. The number of aromatic nitrogens is 2. The lowest BCUT2D eigenvalue weighted by molar-refractivity contribution is -0.126. The van der Waals surface area contributed by atoms with Crippen molar-refractivity contribution in [1.29, 1.82) is 0 Å². The molecule has 0 N–H and O–H groups in total. The Kier molecular flexibility index (Phi) is 3.21. The first kappa shape index (κ1) is 14.9. The molecule has 0 spiro atoms. The standard InChI is InChI=1S/C16H13ClN4O3/c1-8-9(7-20(2)18-8)13-12-14(24-19-13)16(23)21(15(12)22)11-6-4-3-5-10(11)17/h3-7,12,14H,1-2H3/t12-,14+/m1/s1. The minimum absolute atomic E-state index is 0.329. The van der Waals surface area contributed by atoms with Crippen LogP contribution in [0.3, 0.4) is 0 Å². The fraction of sp³-hybridized carbons (Fsp3) is 0.250. The van der Waals surface area contributed by atoms with Crippen molar-refractivity contribution in [3.8, 4) is 0 Å². The van der Waals surface area contributed by atoms with Gasteiger partial charge in [0, 0.05) is 18.8 Å². The van der Waals surface area contributed by atoms with Gasteiger partial charge in [-0.2, -0.15) is 5.10 Å². The number of oxime groups is 1. The Morgan fingerprint density at radius 1 is 1.21 bits per heavy atom. The zero-order chi connectivity index (χ0) is 17.0. The Balaban J connectivity index is 1.76. The predicted octanol–water partition coefficient (Wildman–Crippen LogP) is 1.67. The molecule has 8 heteroatoms. The van der Waals surface area contributed by atoms with Crippen LogP contribution in [-0.4, -0.2) is 33.4 Å². The van der Waals surface area contributed by atoms with E-state index in [2.05, 4.69) is 10.3 Å². The third-order valence-corrected chi connectivity index (χ3v) is 4.51. The molecule has 0 saturated carbocycles. The van der Waals surface area contributed by atoms with E-state index in [4.69, 9.17) is 16.4 Å². The maximum atomic E-state index is 12.9. The van der Waals surface area contributed by atoms with Crippen molar-refractivity contribution in [1.82, 2.24) is 9.78 Å². The molecule has 1 saturated heterocycles. The maximum Gasteiger partial charge on any atom is 0.279 e. The molecule has 0 bridgehead atoms. The number of para-hydroxylation sites is 1. The van der Waals surface area contributed by atoms with Gasteiger partial charge in [0.1, 0.15) is 11.6 Å². The number of benzene rings is 1. The van der Waals surface area contributed by atoms with E-state index in [-0.39, 0.29) is 0 Å². The molecule has 4 rings (SSSR count). The van der Waals surface area contributed by atoms with E-state index in [1.54, 1.807) is 42.2 Å². The van der Waals surface area contributed by atoms with Gasteiger partial charge in [-0.1, -0.05) is 28.9 Å². The fourth-order valence-electron chi connectivity index (χ4n) is 3.12. The Labute approximate surface area is 142 Å². The van der Waals surface area contributed by atoms with Crippen LogP contribution in [0.15, 0.2) is 35.6 Å². The summed E-state index contributed by atoms with van der Waals surface area (Å²) in [5.41, 5.74) is 2.21. The number of imide groups is 1. The van der Waals surface area contributed by atoms with Crippen LogP contribution in [0.5, 0.6) is 0 Å². The molecule has 3 heterocycles. The second kappa shape index (κ2) is 5.17. The molecule has 2 atom stereocenters. The molecule has 2 aliphatic rings. The van der Waals surface area contributed by atoms with Crippen LogP contribution >= 0.6 is 11.6 Å². The third-order valence-electron chi connectivity index (χ3n) is 4.19. The molecule has 2 aliphatic heterocycles. The molecule has 122 valence electrons. The summed E-state index contributed by atoms with van der Waals surface area (Å²) < 4.78 is 1.63. The highest BCUT2D eigenvalue weighted by molar-refractivity contribution is 6.38. The van der Waals surface area contributed by atoms with Crippen molar-refractivity contribution in [3.63, 3.8) is 0 Å². The molecule has 2 aromatic rings. The van der Waals surface area contributed by atoms with Crippen LogP contribution in [0.2, 0.25) is 5.02 Å². The van der Waals surface area contributed by atoms with Gasteiger partial charge in [-0.15, -0.1) is 0 Å². The topological polar surface area (TPSA) is 76.8 Å². The van der Waals surface area contributed by atoms with Crippen molar-refractivity contribution >= 4 is 34.8 Å². The highest BCUT2D eigenvalue weighted by Crippen LogP contribution is 2.37. The van der Waals surface area contributed by atoms with Crippen molar-refractivity contribution in [2.75, 3.05) is 4.90 Å². The number of anilines is 1. The summed E-state index contributed by atoms with van der Waals surface area (Å²) in [5, 5.41) is 8.56. The van der Waals surface area contributed by atoms with Gasteiger partial charge in [-0.3, -0.25) is 14.3 Å². The molecule has 2 amide bonds. The van der Waals surface area contributed by atoms with Gasteiger partial charge >= 0.3 is 0 Å². The largest absolute Gasteiger partial charge is 0.381 e. The quantitative estimate of drug-likeness (QED) is 0.777. The van der Waals surface area contributed by atoms with Crippen LogP contribution in [0.1, 0.15) is 11.3 Å². The summed E-state index contributed by atoms with van der Waals surface area (Å²) in [6.07, 6.45) is 0.805. The molecule has 7 nitrogen and oxygen atoms in total. The average molecular weight is 345 g/mol. The Morgan fingerprint density at radius 2 is 1.96 bits per heavy atom. The SMILES string of the molecule is Cc1nn(C)cc1C1=NO[C@@H]2C(=O)N(c3ccccc3Cl)C(=O)[C@H]12. The zero-order valence-corrected chi connectivity index (χ0v) is 13.7. The lowest BCUT2D eigenvalue weighted by atomic mass is 9.94. The monoisotopic (exact) mass is 344 g/mol. The summed E-state index contributed by atoms with van der Waals surface area (Å²) in [5.74, 6) is -1.63. The third kappa shape index (κ3) is 1.98. The second-order valence-corrected chi connectivity index (χ2v) is 6.15. The lowest BCUT2D eigenvalue weighted by Crippen LogP contribution is -2.33. The van der Waals surface area contributed by atoms with Gasteiger partial charge in [0.05, 0.1) is 16.4 Å². The first-order valence-corrected chi connectivity index (χ1v) is 7.73. The molecule has 1 fully saturated rings. The lowest BCUT2D eigenvalue weighted by Gasteiger charge is -2.16. The van der Waals surface area contributed by atoms with Crippen LogP contribution in [0.25, 0.3) is 0 Å². The fourth-order valence-corrected chi connectivity index (χ4v) is 3.34. The summed E-state index contributed by atoms with van der Waals surface area (Å²) in [4.78, 5) is 31.9. The summed E-state index contributed by atoms with van der Waals surface area (Å²) in [6, 6.07) is 6.72. The normalized spacial score (nSPS) is 22.6. The molecule has 0 aliphatic carbocycles. The molecular formula is C16H13ClN4O3. The number of nitrogens with zero attached hydrogens (tertiary/aromatic N) is 4. The van der Waals surface area contributed by atoms with E-state index < -0.39 is 23.8 Å². The highest BCUT2D eigenvalue weighted by atomic mass is 35.5. The number of aryl methyl sites for hydroxylation is 2. The van der Waals surface area contributed by atoms with Gasteiger partial charge in [-0.25, -0.2) is 4.90 Å². The highest BCUT2D eigenvalue weighted by Gasteiger charge is 2.56. The van der Waals surface area contributed by atoms with Crippen LogP contribution < -0.4 is 4.90 Å². The van der Waals surface area contributed by atoms with Crippen molar-refractivity contribution in [2.45, 2.75) is 13.0 Å². The Hall–Kier alpha value is -2.67. The molecule has 24 heavy (non-hydrogen) atoms. The summed E-state index contributed by atoms with van der Waals surface area (Å²) >= 11 is 6.14. The van der Waals surface area contributed by atoms with Gasteiger partial charge in [-0.05, 0) is 19.1 Å². The van der Waals surface area contributed by atoms with E-state index in [0.717, 1.165) is 10.6 Å². The first-order chi connectivity index (χ1) is 11.5. The molecule has 0 unspecified atom stereocenters. The van der Waals surface area contributed by atoms with E-state index in [9.17, 15) is 9.59 Å². The van der Waals surface area contributed by atoms with Gasteiger partial charge in [0.2, 0.25) is 12.0 Å². The number of hydrogen-bond acceptors (Lipinski definition) is 5. The number of hydrogen-bond donors (Lipinski definition) is 0. The van der Waals surface area contributed by atoms with E-state index in [1.165, 1.54) is 0 Å². The van der Waals surface area contributed by atoms with Crippen LogP contribution in [0.4, 0.5) is 5.69 Å².